The smallest absolute Gasteiger partial charge is 0.261 e. The van der Waals surface area contributed by atoms with Gasteiger partial charge in [0.1, 0.15) is 17.5 Å². The van der Waals surface area contributed by atoms with Gasteiger partial charge in [0.25, 0.3) is 5.91 Å². The summed E-state index contributed by atoms with van der Waals surface area (Å²) in [6, 6.07) is 25.6. The molecular formula is C35H38N4O7S. The van der Waals surface area contributed by atoms with E-state index in [-0.39, 0.29) is 36.9 Å². The molecule has 1 aliphatic rings. The quantitative estimate of drug-likeness (QED) is 0.218. The topological polar surface area (TPSA) is 127 Å². The standard InChI is InChI=1S/C35H38N4O7S/c1-44-30-11-9-28(10-12-30)25-39(33(22-27-6-3-2-4-7-27)35(41)37-24-29-8-5-17-36-23-29)34(40)26-46-31-13-15-32(16-14-31)47(42,43)38-18-20-45-21-19-38/h2-17,23,33H,18-22,24-26H2,1H3,(H,37,41). The molecule has 1 aromatic heterocycles. The van der Waals surface area contributed by atoms with Gasteiger partial charge in [-0.2, -0.15) is 4.31 Å². The van der Waals surface area contributed by atoms with Gasteiger partial charge in [0.15, 0.2) is 6.61 Å². The molecule has 0 radical (unpaired) electrons. The van der Waals surface area contributed by atoms with Crippen LogP contribution in [0.3, 0.4) is 0 Å². The molecule has 1 fully saturated rings. The van der Waals surface area contributed by atoms with E-state index < -0.39 is 22.0 Å². The molecular weight excluding hydrogens is 620 g/mol. The lowest BCUT2D eigenvalue weighted by Crippen LogP contribution is -2.51. The average molecular weight is 659 g/mol. The minimum absolute atomic E-state index is 0.132. The van der Waals surface area contributed by atoms with Crippen LogP contribution in [0.4, 0.5) is 0 Å². The second-order valence-electron chi connectivity index (χ2n) is 10.9. The van der Waals surface area contributed by atoms with Gasteiger partial charge in [0.05, 0.1) is 25.2 Å². The van der Waals surface area contributed by atoms with Gasteiger partial charge in [-0.25, -0.2) is 8.42 Å². The van der Waals surface area contributed by atoms with Crippen LogP contribution in [-0.2, 0) is 43.9 Å². The Morgan fingerprint density at radius 3 is 2.23 bits per heavy atom. The van der Waals surface area contributed by atoms with E-state index in [2.05, 4.69) is 10.3 Å². The molecule has 2 heterocycles. The van der Waals surface area contributed by atoms with Crippen molar-refractivity contribution in [3.05, 3.63) is 120 Å². The Morgan fingerprint density at radius 2 is 1.57 bits per heavy atom. The number of morpholine rings is 1. The van der Waals surface area contributed by atoms with E-state index in [9.17, 15) is 18.0 Å². The largest absolute Gasteiger partial charge is 0.497 e. The van der Waals surface area contributed by atoms with Crippen LogP contribution in [0.1, 0.15) is 16.7 Å². The predicted molar refractivity (Wildman–Crippen MR) is 175 cm³/mol. The van der Waals surface area contributed by atoms with Crippen molar-refractivity contribution in [3.63, 3.8) is 0 Å². The van der Waals surface area contributed by atoms with Crippen LogP contribution in [0.25, 0.3) is 0 Å². The number of nitrogens with zero attached hydrogens (tertiary/aromatic N) is 3. The van der Waals surface area contributed by atoms with Gasteiger partial charge in [-0.05, 0) is 59.2 Å². The number of nitrogens with one attached hydrogen (secondary N) is 1. The highest BCUT2D eigenvalue weighted by Gasteiger charge is 2.31. The first-order chi connectivity index (χ1) is 22.8. The van der Waals surface area contributed by atoms with Crippen LogP contribution >= 0.6 is 0 Å². The number of benzene rings is 3. The Kier molecular flexibility index (Phi) is 11.6. The molecule has 0 saturated carbocycles. The number of sulfonamides is 1. The summed E-state index contributed by atoms with van der Waals surface area (Å²) in [5.41, 5.74) is 2.52. The van der Waals surface area contributed by atoms with Gasteiger partial charge in [0, 0.05) is 45.0 Å². The fourth-order valence-corrected chi connectivity index (χ4v) is 6.57. The van der Waals surface area contributed by atoms with Gasteiger partial charge < -0.3 is 24.4 Å². The van der Waals surface area contributed by atoms with Crippen molar-refractivity contribution < 1.29 is 32.2 Å². The van der Waals surface area contributed by atoms with Crippen molar-refractivity contribution in [3.8, 4) is 11.5 Å². The Bertz CT molecular complexity index is 1700. The molecule has 1 N–H and O–H groups in total. The number of aromatic nitrogens is 1. The summed E-state index contributed by atoms with van der Waals surface area (Å²) < 4.78 is 43.9. The Hall–Kier alpha value is -4.78. The Morgan fingerprint density at radius 1 is 0.894 bits per heavy atom. The lowest BCUT2D eigenvalue weighted by Gasteiger charge is -2.31. The second-order valence-corrected chi connectivity index (χ2v) is 12.9. The van der Waals surface area contributed by atoms with Crippen molar-refractivity contribution in [2.24, 2.45) is 0 Å². The number of rotatable bonds is 14. The zero-order chi connectivity index (χ0) is 33.1. The molecule has 1 atom stereocenters. The number of methoxy groups -OCH3 is 1. The third-order valence-corrected chi connectivity index (χ3v) is 9.68. The first kappa shape index (κ1) is 33.6. The Labute approximate surface area is 275 Å². The molecule has 246 valence electrons. The highest BCUT2D eigenvalue weighted by Crippen LogP contribution is 2.22. The molecule has 11 nitrogen and oxygen atoms in total. The summed E-state index contributed by atoms with van der Waals surface area (Å²) >= 11 is 0. The van der Waals surface area contributed by atoms with Gasteiger partial charge in [0.2, 0.25) is 15.9 Å². The number of hydrogen-bond donors (Lipinski definition) is 1. The first-order valence-electron chi connectivity index (χ1n) is 15.3. The van der Waals surface area contributed by atoms with Gasteiger partial charge in [-0.3, -0.25) is 14.6 Å². The highest BCUT2D eigenvalue weighted by atomic mass is 32.2. The summed E-state index contributed by atoms with van der Waals surface area (Å²) in [5.74, 6) is 0.258. The van der Waals surface area contributed by atoms with E-state index in [1.807, 2.05) is 48.5 Å². The van der Waals surface area contributed by atoms with E-state index in [1.165, 1.54) is 33.5 Å². The zero-order valence-corrected chi connectivity index (χ0v) is 27.0. The van der Waals surface area contributed by atoms with Crippen LogP contribution in [0.5, 0.6) is 11.5 Å². The first-order valence-corrected chi connectivity index (χ1v) is 16.7. The molecule has 0 aliphatic carbocycles. The highest BCUT2D eigenvalue weighted by molar-refractivity contribution is 7.89. The summed E-state index contributed by atoms with van der Waals surface area (Å²) in [7, 11) is -2.10. The SMILES string of the molecule is COc1ccc(CN(C(=O)COc2ccc(S(=O)(=O)N3CCOCC3)cc2)C(Cc2ccccc2)C(=O)NCc2cccnc2)cc1. The van der Waals surface area contributed by atoms with Crippen molar-refractivity contribution in [2.75, 3.05) is 40.0 Å². The zero-order valence-electron chi connectivity index (χ0n) is 26.2. The summed E-state index contributed by atoms with van der Waals surface area (Å²) in [6.45, 7) is 1.30. The van der Waals surface area contributed by atoms with Crippen LogP contribution in [0.2, 0.25) is 0 Å². The number of pyridine rings is 1. The molecule has 12 heteroatoms. The molecule has 5 rings (SSSR count). The molecule has 1 unspecified atom stereocenters. The number of ether oxygens (including phenoxy) is 3. The molecule has 0 bridgehead atoms. The second kappa shape index (κ2) is 16.2. The van der Waals surface area contributed by atoms with Crippen LogP contribution in [-0.4, -0.2) is 80.5 Å². The third-order valence-electron chi connectivity index (χ3n) is 7.77. The average Bonchev–Trinajstić information content (AvgIpc) is 3.12. The summed E-state index contributed by atoms with van der Waals surface area (Å²) in [5, 5.41) is 2.98. The fraction of sp³-hybridized carbons (Fsp3) is 0.286. The Balaban J connectivity index is 1.36. The van der Waals surface area contributed by atoms with Crippen molar-refractivity contribution >= 4 is 21.8 Å². The number of carbonyl (C=O) groups excluding carboxylic acids is 2. The van der Waals surface area contributed by atoms with Crippen molar-refractivity contribution in [2.45, 2.75) is 30.4 Å². The molecule has 3 aromatic carbocycles. The van der Waals surface area contributed by atoms with Crippen molar-refractivity contribution in [1.29, 1.82) is 0 Å². The maximum Gasteiger partial charge on any atom is 0.261 e. The normalized spacial score (nSPS) is 14.1. The lowest BCUT2D eigenvalue weighted by atomic mass is 10.0. The van der Waals surface area contributed by atoms with E-state index >= 15 is 0 Å². The van der Waals surface area contributed by atoms with Crippen LogP contribution in [0.15, 0.2) is 108 Å². The fourth-order valence-electron chi connectivity index (χ4n) is 5.16. The van der Waals surface area contributed by atoms with E-state index in [0.29, 0.717) is 37.8 Å². The van der Waals surface area contributed by atoms with E-state index in [1.54, 1.807) is 37.7 Å². The van der Waals surface area contributed by atoms with Gasteiger partial charge in [-0.15, -0.1) is 0 Å². The molecule has 1 saturated heterocycles. The number of hydrogen-bond acceptors (Lipinski definition) is 8. The minimum Gasteiger partial charge on any atom is -0.497 e. The van der Waals surface area contributed by atoms with Crippen LogP contribution in [0, 0.1) is 0 Å². The predicted octanol–water partition coefficient (Wildman–Crippen LogP) is 3.45. The molecule has 1 aliphatic heterocycles. The molecule has 4 aromatic rings. The summed E-state index contributed by atoms with van der Waals surface area (Å²) in [4.78, 5) is 33.6. The van der Waals surface area contributed by atoms with Gasteiger partial charge >= 0.3 is 0 Å². The molecule has 0 spiro atoms. The number of amides is 2. The monoisotopic (exact) mass is 658 g/mol. The van der Waals surface area contributed by atoms with E-state index in [4.69, 9.17) is 14.2 Å². The van der Waals surface area contributed by atoms with Gasteiger partial charge in [-0.1, -0.05) is 48.5 Å². The van der Waals surface area contributed by atoms with E-state index in [0.717, 1.165) is 16.7 Å². The minimum atomic E-state index is -3.67. The lowest BCUT2D eigenvalue weighted by molar-refractivity contribution is -0.142. The molecule has 47 heavy (non-hydrogen) atoms. The maximum absolute atomic E-state index is 14.0. The summed E-state index contributed by atoms with van der Waals surface area (Å²) in [6.07, 6.45) is 3.61. The van der Waals surface area contributed by atoms with Crippen molar-refractivity contribution in [1.82, 2.24) is 19.5 Å². The molecule has 2 amide bonds. The number of carbonyl (C=O) groups is 2. The maximum atomic E-state index is 14.0. The third kappa shape index (κ3) is 9.16. The van der Waals surface area contributed by atoms with Crippen LogP contribution < -0.4 is 14.8 Å².